The van der Waals surface area contributed by atoms with Gasteiger partial charge in [0.2, 0.25) is 5.91 Å². The molecular weight excluding hydrogens is 236 g/mol. The molecule has 3 N–H and O–H groups in total. The normalized spacial score (nSPS) is 9.33. The summed E-state index contributed by atoms with van der Waals surface area (Å²) < 4.78 is 0. The SMILES string of the molecule is CCc1ccc(C(N)=O)c(CC)c1[N+](=O)[O-].CO. The second-order valence-corrected chi connectivity index (χ2v) is 3.43. The number of rotatable bonds is 4. The van der Waals surface area contributed by atoms with Crippen molar-refractivity contribution in [3.63, 3.8) is 0 Å². The number of hydrogen-bond acceptors (Lipinski definition) is 4. The predicted octanol–water partition coefficient (Wildman–Crippen LogP) is 1.43. The first-order valence-corrected chi connectivity index (χ1v) is 5.56. The highest BCUT2D eigenvalue weighted by molar-refractivity contribution is 5.95. The molecule has 100 valence electrons. The van der Waals surface area contributed by atoms with Gasteiger partial charge in [0.15, 0.2) is 0 Å². The predicted molar refractivity (Wildman–Crippen MR) is 68.5 cm³/mol. The van der Waals surface area contributed by atoms with Crippen LogP contribution in [-0.2, 0) is 12.8 Å². The monoisotopic (exact) mass is 254 g/mol. The van der Waals surface area contributed by atoms with E-state index >= 15 is 0 Å². The molecule has 1 aromatic carbocycles. The van der Waals surface area contributed by atoms with Crippen LogP contribution in [0.2, 0.25) is 0 Å². The number of primary amides is 1. The zero-order valence-electron chi connectivity index (χ0n) is 10.8. The van der Waals surface area contributed by atoms with Crippen molar-refractivity contribution in [2.45, 2.75) is 26.7 Å². The third-order valence-corrected chi connectivity index (χ3v) is 2.55. The van der Waals surface area contributed by atoms with Crippen LogP contribution in [0.5, 0.6) is 0 Å². The molecule has 0 aliphatic carbocycles. The average Bonchev–Trinajstić information content (AvgIpc) is 2.38. The lowest BCUT2D eigenvalue weighted by Gasteiger charge is -2.08. The fourth-order valence-electron chi connectivity index (χ4n) is 1.79. The lowest BCUT2D eigenvalue weighted by molar-refractivity contribution is -0.386. The maximum Gasteiger partial charge on any atom is 0.276 e. The molecule has 0 atom stereocenters. The van der Waals surface area contributed by atoms with Crippen LogP contribution < -0.4 is 5.73 Å². The van der Waals surface area contributed by atoms with Crippen molar-refractivity contribution in [2.24, 2.45) is 5.73 Å². The zero-order chi connectivity index (χ0) is 14.3. The first-order valence-electron chi connectivity index (χ1n) is 5.56. The largest absolute Gasteiger partial charge is 0.400 e. The van der Waals surface area contributed by atoms with Crippen LogP contribution in [-0.4, -0.2) is 23.0 Å². The summed E-state index contributed by atoms with van der Waals surface area (Å²) in [5, 5.41) is 18.0. The van der Waals surface area contributed by atoms with Gasteiger partial charge in [-0.2, -0.15) is 0 Å². The van der Waals surface area contributed by atoms with E-state index in [0.29, 0.717) is 24.0 Å². The molecule has 0 fully saturated rings. The van der Waals surface area contributed by atoms with E-state index in [1.165, 1.54) is 0 Å². The minimum absolute atomic E-state index is 0.0290. The van der Waals surface area contributed by atoms with E-state index in [-0.39, 0.29) is 11.3 Å². The first-order chi connectivity index (χ1) is 8.52. The van der Waals surface area contributed by atoms with Gasteiger partial charge in [0, 0.05) is 23.8 Å². The van der Waals surface area contributed by atoms with Gasteiger partial charge < -0.3 is 10.8 Å². The number of nitrogens with zero attached hydrogens (tertiary/aromatic N) is 1. The Morgan fingerprint density at radius 2 is 1.89 bits per heavy atom. The Bertz CT molecular complexity index is 444. The number of carbonyl (C=O) groups excluding carboxylic acids is 1. The van der Waals surface area contributed by atoms with Crippen LogP contribution in [0, 0.1) is 10.1 Å². The smallest absolute Gasteiger partial charge is 0.276 e. The van der Waals surface area contributed by atoms with E-state index < -0.39 is 10.8 Å². The van der Waals surface area contributed by atoms with Crippen LogP contribution >= 0.6 is 0 Å². The summed E-state index contributed by atoms with van der Waals surface area (Å²) in [5.41, 5.74) is 6.52. The molecule has 18 heavy (non-hydrogen) atoms. The minimum Gasteiger partial charge on any atom is -0.400 e. The van der Waals surface area contributed by atoms with E-state index in [1.807, 2.05) is 6.92 Å². The molecule has 0 bridgehead atoms. The molecular formula is C12H18N2O4. The summed E-state index contributed by atoms with van der Waals surface area (Å²) >= 11 is 0. The Morgan fingerprint density at radius 3 is 2.22 bits per heavy atom. The first kappa shape index (κ1) is 16.1. The van der Waals surface area contributed by atoms with Crippen molar-refractivity contribution in [3.8, 4) is 0 Å². The molecule has 6 heteroatoms. The van der Waals surface area contributed by atoms with E-state index in [2.05, 4.69) is 0 Å². The van der Waals surface area contributed by atoms with Gasteiger partial charge in [-0.3, -0.25) is 14.9 Å². The molecule has 0 unspecified atom stereocenters. The Morgan fingerprint density at radius 1 is 1.33 bits per heavy atom. The number of nitro groups is 1. The fraction of sp³-hybridized carbons (Fsp3) is 0.417. The summed E-state index contributed by atoms with van der Waals surface area (Å²) in [6, 6.07) is 3.16. The molecule has 0 heterocycles. The summed E-state index contributed by atoms with van der Waals surface area (Å²) in [7, 11) is 1.00. The van der Waals surface area contributed by atoms with Gasteiger partial charge in [-0.05, 0) is 18.9 Å². The number of carbonyl (C=O) groups is 1. The summed E-state index contributed by atoms with van der Waals surface area (Å²) in [6.07, 6.45) is 0.977. The highest BCUT2D eigenvalue weighted by Crippen LogP contribution is 2.28. The van der Waals surface area contributed by atoms with Gasteiger partial charge in [0.1, 0.15) is 0 Å². The van der Waals surface area contributed by atoms with Crippen LogP contribution in [0.1, 0.15) is 35.3 Å². The average molecular weight is 254 g/mol. The van der Waals surface area contributed by atoms with Crippen molar-refractivity contribution in [3.05, 3.63) is 38.9 Å². The Balaban J connectivity index is 0.00000137. The summed E-state index contributed by atoms with van der Waals surface area (Å²) in [6.45, 7) is 3.61. The van der Waals surface area contributed by atoms with E-state index in [4.69, 9.17) is 10.8 Å². The van der Waals surface area contributed by atoms with Gasteiger partial charge in [0.05, 0.1) is 4.92 Å². The number of benzene rings is 1. The molecule has 1 rings (SSSR count). The maximum atomic E-state index is 11.2. The van der Waals surface area contributed by atoms with Crippen molar-refractivity contribution >= 4 is 11.6 Å². The van der Waals surface area contributed by atoms with E-state index in [0.717, 1.165) is 7.11 Å². The minimum atomic E-state index is -0.623. The molecule has 0 aliphatic rings. The summed E-state index contributed by atoms with van der Waals surface area (Å²) in [5.74, 6) is -0.623. The molecule has 0 spiro atoms. The number of nitro benzene ring substituents is 1. The van der Waals surface area contributed by atoms with E-state index in [9.17, 15) is 14.9 Å². The summed E-state index contributed by atoms with van der Waals surface area (Å²) in [4.78, 5) is 21.7. The van der Waals surface area contributed by atoms with Crippen LogP contribution in [0.25, 0.3) is 0 Å². The fourth-order valence-corrected chi connectivity index (χ4v) is 1.79. The van der Waals surface area contributed by atoms with Gasteiger partial charge in [0.25, 0.3) is 5.69 Å². The zero-order valence-corrected chi connectivity index (χ0v) is 10.8. The molecule has 1 aromatic rings. The quantitative estimate of drug-likeness (QED) is 0.626. The van der Waals surface area contributed by atoms with Crippen LogP contribution in [0.4, 0.5) is 5.69 Å². The second-order valence-electron chi connectivity index (χ2n) is 3.43. The van der Waals surface area contributed by atoms with E-state index in [1.54, 1.807) is 19.1 Å². The Hall–Kier alpha value is -1.95. The molecule has 0 aromatic heterocycles. The standard InChI is InChI=1S/C11H14N2O3.CH4O/c1-3-7-5-6-9(11(12)14)8(4-2)10(7)13(15)16;1-2/h5-6H,3-4H2,1-2H3,(H2,12,14);2H,1H3. The number of amides is 1. The van der Waals surface area contributed by atoms with Gasteiger partial charge in [-0.15, -0.1) is 0 Å². The number of hydrogen-bond donors (Lipinski definition) is 2. The topological polar surface area (TPSA) is 106 Å². The van der Waals surface area contributed by atoms with Crippen molar-refractivity contribution in [1.82, 2.24) is 0 Å². The van der Waals surface area contributed by atoms with Gasteiger partial charge in [-0.1, -0.05) is 19.9 Å². The Kier molecular flexibility index (Phi) is 6.59. The van der Waals surface area contributed by atoms with Crippen molar-refractivity contribution in [1.29, 1.82) is 0 Å². The molecule has 0 saturated carbocycles. The number of aliphatic hydroxyl groups is 1. The third kappa shape index (κ3) is 3.27. The molecule has 1 amide bonds. The van der Waals surface area contributed by atoms with Crippen molar-refractivity contribution in [2.75, 3.05) is 7.11 Å². The van der Waals surface area contributed by atoms with Gasteiger partial charge >= 0.3 is 0 Å². The number of aliphatic hydroxyl groups excluding tert-OH is 1. The third-order valence-electron chi connectivity index (χ3n) is 2.55. The molecule has 0 radical (unpaired) electrons. The number of nitrogens with two attached hydrogens (primary N) is 1. The maximum absolute atomic E-state index is 11.2. The number of aryl methyl sites for hydroxylation is 1. The molecule has 6 nitrogen and oxygen atoms in total. The molecule has 0 saturated heterocycles. The molecule has 0 aliphatic heterocycles. The highest BCUT2D eigenvalue weighted by atomic mass is 16.6. The van der Waals surface area contributed by atoms with Gasteiger partial charge in [-0.25, -0.2) is 0 Å². The van der Waals surface area contributed by atoms with Crippen LogP contribution in [0.15, 0.2) is 12.1 Å². The highest BCUT2D eigenvalue weighted by Gasteiger charge is 2.22. The second kappa shape index (κ2) is 7.39. The van der Waals surface area contributed by atoms with Crippen LogP contribution in [0.3, 0.4) is 0 Å². The lowest BCUT2D eigenvalue weighted by atomic mass is 9.97. The lowest BCUT2D eigenvalue weighted by Crippen LogP contribution is -2.15. The Labute approximate surface area is 106 Å². The van der Waals surface area contributed by atoms with Crippen molar-refractivity contribution < 1.29 is 14.8 Å².